The summed E-state index contributed by atoms with van der Waals surface area (Å²) in [7, 11) is 0. The lowest BCUT2D eigenvalue weighted by atomic mass is 10.0. The average molecular weight is 198 g/mol. The fourth-order valence-corrected chi connectivity index (χ4v) is 1.65. The molecule has 2 aromatic rings. The van der Waals surface area contributed by atoms with Crippen molar-refractivity contribution in [3.63, 3.8) is 0 Å². The van der Waals surface area contributed by atoms with E-state index < -0.39 is 0 Å². The minimum atomic E-state index is 0.478. The van der Waals surface area contributed by atoms with E-state index in [-0.39, 0.29) is 0 Å². The molecule has 76 valence electrons. The van der Waals surface area contributed by atoms with Gasteiger partial charge in [0.1, 0.15) is 0 Å². The maximum atomic E-state index is 5.69. The molecule has 2 heteroatoms. The summed E-state index contributed by atoms with van der Waals surface area (Å²) in [6.07, 6.45) is 0. The lowest BCUT2D eigenvalue weighted by molar-refractivity contribution is 0.973. The van der Waals surface area contributed by atoms with Crippen LogP contribution < -0.4 is 5.73 Å². The Balaban J connectivity index is 2.53. The number of nitrogens with two attached hydrogens (primary N) is 1. The van der Waals surface area contributed by atoms with Crippen molar-refractivity contribution in [3.05, 3.63) is 53.9 Å². The molecule has 0 aliphatic carbocycles. The van der Waals surface area contributed by atoms with Crippen LogP contribution in [0.5, 0.6) is 0 Å². The van der Waals surface area contributed by atoms with E-state index in [4.69, 9.17) is 5.73 Å². The van der Waals surface area contributed by atoms with Crippen molar-refractivity contribution in [1.29, 1.82) is 0 Å². The Hall–Kier alpha value is -1.67. The molecule has 0 saturated heterocycles. The molecule has 2 rings (SSSR count). The Kier molecular flexibility index (Phi) is 2.79. The summed E-state index contributed by atoms with van der Waals surface area (Å²) in [6, 6.07) is 14.3. The number of nitrogens with zero attached hydrogens (tertiary/aromatic N) is 1. The molecule has 2 nitrogen and oxygen atoms in total. The minimum Gasteiger partial charge on any atom is -0.325 e. The fourth-order valence-electron chi connectivity index (χ4n) is 1.65. The van der Waals surface area contributed by atoms with E-state index in [1.54, 1.807) is 0 Å². The van der Waals surface area contributed by atoms with Crippen molar-refractivity contribution in [2.45, 2.75) is 13.5 Å². The number of benzene rings is 1. The molecule has 0 spiro atoms. The SMILES string of the molecule is Cc1ccc(-c2ccccc2)c(CN)n1. The highest BCUT2D eigenvalue weighted by atomic mass is 14.7. The number of aromatic nitrogens is 1. The summed E-state index contributed by atoms with van der Waals surface area (Å²) in [5, 5.41) is 0. The molecule has 1 heterocycles. The Bertz CT molecular complexity index is 449. The highest BCUT2D eigenvalue weighted by molar-refractivity contribution is 5.65. The van der Waals surface area contributed by atoms with Gasteiger partial charge in [-0.15, -0.1) is 0 Å². The normalized spacial score (nSPS) is 10.3. The molecule has 1 aromatic carbocycles. The van der Waals surface area contributed by atoms with Gasteiger partial charge in [-0.2, -0.15) is 0 Å². The number of aryl methyl sites for hydroxylation is 1. The van der Waals surface area contributed by atoms with Crippen LogP contribution in [-0.2, 0) is 6.54 Å². The van der Waals surface area contributed by atoms with Crippen LogP contribution in [0.2, 0.25) is 0 Å². The van der Waals surface area contributed by atoms with Gasteiger partial charge in [-0.05, 0) is 18.6 Å². The zero-order chi connectivity index (χ0) is 10.7. The molecule has 0 radical (unpaired) electrons. The van der Waals surface area contributed by atoms with Gasteiger partial charge in [-0.1, -0.05) is 36.4 Å². The zero-order valence-corrected chi connectivity index (χ0v) is 8.77. The van der Waals surface area contributed by atoms with Crippen LogP contribution in [0.25, 0.3) is 11.1 Å². The van der Waals surface area contributed by atoms with Gasteiger partial charge in [0.2, 0.25) is 0 Å². The largest absolute Gasteiger partial charge is 0.325 e. The van der Waals surface area contributed by atoms with Crippen molar-refractivity contribution < 1.29 is 0 Å². The summed E-state index contributed by atoms with van der Waals surface area (Å²) < 4.78 is 0. The van der Waals surface area contributed by atoms with Crippen molar-refractivity contribution in [2.24, 2.45) is 5.73 Å². The number of hydrogen-bond donors (Lipinski definition) is 1. The van der Waals surface area contributed by atoms with Gasteiger partial charge in [0, 0.05) is 17.8 Å². The number of pyridine rings is 1. The van der Waals surface area contributed by atoms with Gasteiger partial charge in [0.25, 0.3) is 0 Å². The molecule has 0 atom stereocenters. The van der Waals surface area contributed by atoms with E-state index in [0.717, 1.165) is 17.0 Å². The van der Waals surface area contributed by atoms with Crippen molar-refractivity contribution in [2.75, 3.05) is 0 Å². The van der Waals surface area contributed by atoms with Gasteiger partial charge >= 0.3 is 0 Å². The lowest BCUT2D eigenvalue weighted by Gasteiger charge is -2.07. The van der Waals surface area contributed by atoms with Gasteiger partial charge in [0.05, 0.1) is 5.69 Å². The molecule has 2 N–H and O–H groups in total. The van der Waals surface area contributed by atoms with Crippen LogP contribution >= 0.6 is 0 Å². The summed E-state index contributed by atoms with van der Waals surface area (Å²) in [5.41, 5.74) is 9.96. The fraction of sp³-hybridized carbons (Fsp3) is 0.154. The van der Waals surface area contributed by atoms with Gasteiger partial charge in [-0.3, -0.25) is 4.98 Å². The molecule has 15 heavy (non-hydrogen) atoms. The van der Waals surface area contributed by atoms with Crippen molar-refractivity contribution in [1.82, 2.24) is 4.98 Å². The van der Waals surface area contributed by atoms with E-state index in [1.807, 2.05) is 31.2 Å². The van der Waals surface area contributed by atoms with Crippen molar-refractivity contribution in [3.8, 4) is 11.1 Å². The summed E-state index contributed by atoms with van der Waals surface area (Å²) >= 11 is 0. The smallest absolute Gasteiger partial charge is 0.0620 e. The van der Waals surface area contributed by atoms with Crippen LogP contribution in [0.15, 0.2) is 42.5 Å². The van der Waals surface area contributed by atoms with Gasteiger partial charge < -0.3 is 5.73 Å². The van der Waals surface area contributed by atoms with Crippen LogP contribution in [0.3, 0.4) is 0 Å². The van der Waals surface area contributed by atoms with Crippen LogP contribution in [-0.4, -0.2) is 4.98 Å². The van der Waals surface area contributed by atoms with Gasteiger partial charge in [-0.25, -0.2) is 0 Å². The summed E-state index contributed by atoms with van der Waals surface area (Å²) in [6.45, 7) is 2.46. The second kappa shape index (κ2) is 4.24. The first-order valence-corrected chi connectivity index (χ1v) is 5.03. The Labute approximate surface area is 89.8 Å². The predicted molar refractivity (Wildman–Crippen MR) is 62.3 cm³/mol. The molecule has 1 aromatic heterocycles. The van der Waals surface area contributed by atoms with E-state index in [0.29, 0.717) is 6.54 Å². The average Bonchev–Trinajstić information content (AvgIpc) is 2.30. The van der Waals surface area contributed by atoms with Gasteiger partial charge in [0.15, 0.2) is 0 Å². The van der Waals surface area contributed by atoms with Crippen molar-refractivity contribution >= 4 is 0 Å². The first-order chi connectivity index (χ1) is 7.31. The zero-order valence-electron chi connectivity index (χ0n) is 8.77. The first kappa shape index (κ1) is 9.87. The second-order valence-electron chi connectivity index (χ2n) is 3.52. The van der Waals surface area contributed by atoms with E-state index in [9.17, 15) is 0 Å². The predicted octanol–water partition coefficient (Wildman–Crippen LogP) is 2.52. The van der Waals surface area contributed by atoms with Crippen LogP contribution in [0.4, 0.5) is 0 Å². The Morgan fingerprint density at radius 2 is 1.80 bits per heavy atom. The summed E-state index contributed by atoms with van der Waals surface area (Å²) in [4.78, 5) is 4.44. The maximum Gasteiger partial charge on any atom is 0.0620 e. The highest BCUT2D eigenvalue weighted by Crippen LogP contribution is 2.22. The van der Waals surface area contributed by atoms with Crippen LogP contribution in [0.1, 0.15) is 11.4 Å². The molecule has 0 bridgehead atoms. The molecule has 0 aliphatic heterocycles. The quantitative estimate of drug-likeness (QED) is 0.805. The molecular formula is C13H14N2. The van der Waals surface area contributed by atoms with E-state index in [2.05, 4.69) is 23.2 Å². The molecule has 0 unspecified atom stereocenters. The first-order valence-electron chi connectivity index (χ1n) is 5.03. The second-order valence-corrected chi connectivity index (χ2v) is 3.52. The maximum absolute atomic E-state index is 5.69. The number of hydrogen-bond acceptors (Lipinski definition) is 2. The topological polar surface area (TPSA) is 38.9 Å². The molecule has 0 amide bonds. The van der Waals surface area contributed by atoms with E-state index >= 15 is 0 Å². The van der Waals surface area contributed by atoms with Crippen LogP contribution in [0, 0.1) is 6.92 Å². The number of rotatable bonds is 2. The minimum absolute atomic E-state index is 0.478. The molecule has 0 saturated carbocycles. The Morgan fingerprint density at radius 3 is 2.47 bits per heavy atom. The standard InChI is InChI=1S/C13H14N2/c1-10-7-8-12(13(9-14)15-10)11-5-3-2-4-6-11/h2-8H,9,14H2,1H3. The molecule has 0 fully saturated rings. The molecular weight excluding hydrogens is 184 g/mol. The van der Waals surface area contributed by atoms with E-state index in [1.165, 1.54) is 5.56 Å². The monoisotopic (exact) mass is 198 g/mol. The Morgan fingerprint density at radius 1 is 1.07 bits per heavy atom. The third-order valence-electron chi connectivity index (χ3n) is 2.39. The third kappa shape index (κ3) is 2.05. The lowest BCUT2D eigenvalue weighted by Crippen LogP contribution is -2.03. The highest BCUT2D eigenvalue weighted by Gasteiger charge is 2.04. The molecule has 0 aliphatic rings. The third-order valence-corrected chi connectivity index (χ3v) is 2.39. The summed E-state index contributed by atoms with van der Waals surface area (Å²) in [5.74, 6) is 0.